The Morgan fingerprint density at radius 1 is 1.83 bits per heavy atom. The SMILES string of the molecule is OC(CCl)[CH2][K]. The molecule has 32 valence electrons. The molecule has 0 aliphatic rings. The van der Waals surface area contributed by atoms with Gasteiger partial charge in [-0.15, -0.1) is 0 Å². The van der Waals surface area contributed by atoms with E-state index in [2.05, 4.69) is 0 Å². The summed E-state index contributed by atoms with van der Waals surface area (Å²) in [5, 5.41) is 8.58. The third-order valence-electron chi connectivity index (χ3n) is 0.649. The van der Waals surface area contributed by atoms with Gasteiger partial charge in [0.2, 0.25) is 0 Å². The van der Waals surface area contributed by atoms with Crippen molar-refractivity contribution < 1.29 is 5.11 Å². The molecule has 0 amide bonds. The van der Waals surface area contributed by atoms with Crippen molar-refractivity contribution in [3.8, 4) is 0 Å². The van der Waals surface area contributed by atoms with Crippen molar-refractivity contribution in [2.45, 2.75) is 6.62 Å². The summed E-state index contributed by atoms with van der Waals surface area (Å²) in [7, 11) is 0. The number of aliphatic hydroxyl groups is 1. The summed E-state index contributed by atoms with van der Waals surface area (Å²) in [5.74, 6) is 0.405. The van der Waals surface area contributed by atoms with Gasteiger partial charge in [0, 0.05) is 0 Å². The summed E-state index contributed by atoms with van der Waals surface area (Å²) in [6.45, 7) is 0. The van der Waals surface area contributed by atoms with Crippen LogP contribution in [-0.2, 0) is 0 Å². The van der Waals surface area contributed by atoms with Gasteiger partial charge in [0.05, 0.1) is 0 Å². The minimum absolute atomic E-state index is 0.216. The van der Waals surface area contributed by atoms with Crippen LogP contribution in [0.1, 0.15) is 0 Å². The van der Waals surface area contributed by atoms with Crippen molar-refractivity contribution in [2.24, 2.45) is 0 Å². The molecule has 0 bridgehead atoms. The van der Waals surface area contributed by atoms with E-state index in [1.54, 1.807) is 0 Å². The van der Waals surface area contributed by atoms with Crippen LogP contribution >= 0.6 is 11.6 Å². The Morgan fingerprint density at radius 3 is 2.33 bits per heavy atom. The van der Waals surface area contributed by atoms with E-state index in [4.69, 9.17) is 16.7 Å². The number of aliphatic hydroxyl groups excluding tert-OH is 1. The molecule has 0 saturated carbocycles. The van der Waals surface area contributed by atoms with Gasteiger partial charge in [-0.3, -0.25) is 0 Å². The molecule has 0 aromatic carbocycles. The average molecular weight is 133 g/mol. The maximum atomic E-state index is 8.58. The van der Waals surface area contributed by atoms with Crippen LogP contribution in [0.5, 0.6) is 0 Å². The third kappa shape index (κ3) is 4.06. The molecule has 1 unspecified atom stereocenters. The van der Waals surface area contributed by atoms with E-state index in [1.807, 2.05) is 0 Å². The molecule has 1 N–H and O–H groups in total. The number of alkyl halides is 1. The van der Waals surface area contributed by atoms with E-state index in [-0.39, 0.29) is 6.10 Å². The van der Waals surface area contributed by atoms with Gasteiger partial charge in [0.1, 0.15) is 0 Å². The zero-order valence-corrected chi connectivity index (χ0v) is 7.70. The van der Waals surface area contributed by atoms with Gasteiger partial charge in [0.15, 0.2) is 0 Å². The molecule has 6 heavy (non-hydrogen) atoms. The number of hydrogen-bond donors (Lipinski definition) is 1. The summed E-state index contributed by atoms with van der Waals surface area (Å²) >= 11 is 5.98. The van der Waals surface area contributed by atoms with Crippen LogP contribution in [0.3, 0.4) is 0 Å². The summed E-state index contributed by atoms with van der Waals surface area (Å²) in [4.78, 5) is 0. The molecular formula is C3H6ClKO. The first kappa shape index (κ1) is 7.89. The topological polar surface area (TPSA) is 20.2 Å². The Bertz CT molecular complexity index is 30.0. The molecule has 3 heteroatoms. The first-order valence-corrected chi connectivity index (χ1v) is 4.79. The van der Waals surface area contributed by atoms with Crippen molar-refractivity contribution in [3.05, 3.63) is 0 Å². The van der Waals surface area contributed by atoms with Crippen molar-refractivity contribution >= 4 is 60.6 Å². The zero-order valence-electron chi connectivity index (χ0n) is 3.82. The van der Waals surface area contributed by atoms with Crippen molar-refractivity contribution in [3.63, 3.8) is 0 Å². The van der Waals surface area contributed by atoms with Gasteiger partial charge in [-0.05, 0) is 0 Å². The number of hydrogen-bond acceptors (Lipinski definition) is 1. The normalized spacial score (nSPS) is 14.7. The van der Waals surface area contributed by atoms with Crippen LogP contribution in [0.15, 0.2) is 0 Å². The predicted molar refractivity (Wildman–Crippen MR) is 27.3 cm³/mol. The molecule has 0 saturated heterocycles. The molecule has 1 atom stereocenters. The van der Waals surface area contributed by atoms with E-state index in [1.165, 1.54) is 0 Å². The van der Waals surface area contributed by atoms with Gasteiger partial charge in [-0.1, -0.05) is 0 Å². The van der Waals surface area contributed by atoms with E-state index >= 15 is 0 Å². The molecule has 0 heterocycles. The van der Waals surface area contributed by atoms with Gasteiger partial charge >= 0.3 is 78.2 Å². The standard InChI is InChI=1S/C3H6ClO.K/c1-3(5)2-4;/h3,5H,1-2H2;. The Labute approximate surface area is 76.7 Å². The Hall–Kier alpha value is 1.89. The van der Waals surface area contributed by atoms with Crippen LogP contribution in [0.4, 0.5) is 0 Å². The van der Waals surface area contributed by atoms with Crippen LogP contribution in [-0.4, -0.2) is 66.0 Å². The van der Waals surface area contributed by atoms with Crippen LogP contribution in [0, 0.1) is 0 Å². The third-order valence-corrected chi connectivity index (χ3v) is 2.48. The molecule has 0 aliphatic carbocycles. The molecule has 0 aromatic rings. The number of halogens is 1. The van der Waals surface area contributed by atoms with Crippen molar-refractivity contribution in [2.75, 3.05) is 5.88 Å². The molecule has 0 aromatic heterocycles. The van der Waals surface area contributed by atoms with Crippen LogP contribution in [0.2, 0.25) is 0.515 Å². The number of rotatable bonds is 2. The average Bonchev–Trinajstić information content (AvgIpc) is 1.65. The second-order valence-electron chi connectivity index (χ2n) is 1.22. The van der Waals surface area contributed by atoms with Gasteiger partial charge < -0.3 is 0 Å². The van der Waals surface area contributed by atoms with Crippen LogP contribution in [0.25, 0.3) is 0 Å². The fraction of sp³-hybridized carbons (Fsp3) is 1.00. The quantitative estimate of drug-likeness (QED) is 0.420. The Balaban J connectivity index is 2.75. The maximum absolute atomic E-state index is 8.58. The molecule has 0 rings (SSSR count). The summed E-state index contributed by atoms with van der Waals surface area (Å²) in [5.41, 5.74) is 0. The molecular weight excluding hydrogens is 127 g/mol. The first-order chi connectivity index (χ1) is 2.81. The monoisotopic (exact) mass is 132 g/mol. The van der Waals surface area contributed by atoms with E-state index < -0.39 is 0 Å². The summed E-state index contributed by atoms with van der Waals surface area (Å²) in [6.07, 6.45) is -0.216. The summed E-state index contributed by atoms with van der Waals surface area (Å²) in [6, 6.07) is 0. The van der Waals surface area contributed by atoms with Gasteiger partial charge in [-0.25, -0.2) is 0 Å². The molecule has 1 nitrogen and oxygen atoms in total. The van der Waals surface area contributed by atoms with Crippen molar-refractivity contribution in [1.29, 1.82) is 0 Å². The second-order valence-corrected chi connectivity index (χ2v) is 2.80. The molecule has 0 radical (unpaired) electrons. The van der Waals surface area contributed by atoms with Gasteiger partial charge in [0.25, 0.3) is 0 Å². The molecule has 0 spiro atoms. The van der Waals surface area contributed by atoms with Gasteiger partial charge in [-0.2, -0.15) is 0 Å². The molecule has 0 aliphatic heterocycles. The predicted octanol–water partition coefficient (Wildman–Crippen LogP) is 0.173. The molecule has 0 fully saturated rings. The Morgan fingerprint density at radius 2 is 2.33 bits per heavy atom. The Kier molecular flexibility index (Phi) is 6.61. The van der Waals surface area contributed by atoms with E-state index in [0.717, 1.165) is 49.5 Å². The summed E-state index contributed by atoms with van der Waals surface area (Å²) < 4.78 is 0.941. The van der Waals surface area contributed by atoms with Crippen molar-refractivity contribution in [1.82, 2.24) is 0 Å². The van der Waals surface area contributed by atoms with E-state index in [0.29, 0.717) is 5.88 Å². The second kappa shape index (κ2) is 5.03. The fourth-order valence-electron chi connectivity index (χ4n) is 0.109. The fourth-order valence-corrected chi connectivity index (χ4v) is 1.35. The van der Waals surface area contributed by atoms with E-state index in [9.17, 15) is 0 Å². The first-order valence-electron chi connectivity index (χ1n) is 2.05. The zero-order chi connectivity index (χ0) is 4.99. The minimum atomic E-state index is -0.216. The van der Waals surface area contributed by atoms with Crippen LogP contribution < -0.4 is 0 Å².